The summed E-state index contributed by atoms with van der Waals surface area (Å²) in [4.78, 5) is 24.7. The number of nitrogens with zero attached hydrogens (tertiary/aromatic N) is 1. The van der Waals surface area contributed by atoms with Crippen molar-refractivity contribution in [2.45, 2.75) is 38.5 Å². The highest BCUT2D eigenvalue weighted by atomic mass is 32.2. The quantitative estimate of drug-likeness (QED) is 0.808. The predicted octanol–water partition coefficient (Wildman–Crippen LogP) is 1.11. The Hall–Kier alpha value is -0.710. The molecule has 0 aliphatic rings. The van der Waals surface area contributed by atoms with Crippen molar-refractivity contribution in [2.24, 2.45) is 0 Å². The largest absolute Gasteiger partial charge is 0.350 e. The number of thioether (sulfide) groups is 1. The zero-order valence-corrected chi connectivity index (χ0v) is 11.8. The highest BCUT2D eigenvalue weighted by molar-refractivity contribution is 7.99. The normalized spacial score (nSPS) is 13.1. The van der Waals surface area contributed by atoms with Crippen LogP contribution < -0.4 is 5.32 Å². The molecular formula is C11H22N2O2S. The van der Waals surface area contributed by atoms with Gasteiger partial charge in [-0.2, -0.15) is 11.8 Å². The van der Waals surface area contributed by atoms with Gasteiger partial charge in [0.1, 0.15) is 0 Å². The van der Waals surface area contributed by atoms with Gasteiger partial charge >= 0.3 is 0 Å². The number of hydrogen-bond donors (Lipinski definition) is 1. The zero-order valence-electron chi connectivity index (χ0n) is 11.0. The first kappa shape index (κ1) is 15.3. The molecule has 94 valence electrons. The third-order valence-corrected chi connectivity index (χ3v) is 2.88. The van der Waals surface area contributed by atoms with Gasteiger partial charge in [0.2, 0.25) is 11.8 Å². The smallest absolute Gasteiger partial charge is 0.240 e. The number of likely N-dealkylation sites (N-methyl/N-ethyl adjacent to an activating group) is 1. The average molecular weight is 246 g/mol. The Morgan fingerprint density at radius 1 is 1.38 bits per heavy atom. The zero-order chi connectivity index (χ0) is 12.9. The lowest BCUT2D eigenvalue weighted by molar-refractivity contribution is -0.134. The van der Waals surface area contributed by atoms with Crippen molar-refractivity contribution < 1.29 is 9.59 Å². The van der Waals surface area contributed by atoms with Crippen LogP contribution in [0, 0.1) is 0 Å². The van der Waals surface area contributed by atoms with Gasteiger partial charge < -0.3 is 10.2 Å². The van der Waals surface area contributed by atoms with Crippen molar-refractivity contribution in [3.63, 3.8) is 0 Å². The fourth-order valence-corrected chi connectivity index (χ4v) is 1.54. The molecule has 1 unspecified atom stereocenters. The van der Waals surface area contributed by atoms with Gasteiger partial charge in [-0.05, 0) is 34.0 Å². The lowest BCUT2D eigenvalue weighted by Crippen LogP contribution is -2.47. The van der Waals surface area contributed by atoms with Crippen LogP contribution in [-0.2, 0) is 9.59 Å². The third kappa shape index (κ3) is 6.00. The maximum atomic E-state index is 11.7. The first-order valence-corrected chi connectivity index (χ1v) is 6.55. The van der Waals surface area contributed by atoms with E-state index in [-0.39, 0.29) is 29.1 Å². The highest BCUT2D eigenvalue weighted by Gasteiger charge is 2.20. The van der Waals surface area contributed by atoms with Crippen LogP contribution >= 0.6 is 11.8 Å². The summed E-state index contributed by atoms with van der Waals surface area (Å²) >= 11 is 1.48. The molecule has 0 aliphatic heterocycles. The molecule has 0 aromatic heterocycles. The molecule has 0 aliphatic carbocycles. The fourth-order valence-electron chi connectivity index (χ4n) is 1.16. The lowest BCUT2D eigenvalue weighted by Gasteiger charge is -2.24. The van der Waals surface area contributed by atoms with Crippen molar-refractivity contribution in [1.29, 1.82) is 0 Å². The number of carbonyl (C=O) groups is 2. The molecule has 0 spiro atoms. The summed E-state index contributed by atoms with van der Waals surface area (Å²) in [7, 11) is 1.65. The van der Waals surface area contributed by atoms with Crippen LogP contribution in [0.1, 0.15) is 27.7 Å². The van der Waals surface area contributed by atoms with Gasteiger partial charge in [0.15, 0.2) is 0 Å². The maximum absolute atomic E-state index is 11.7. The summed E-state index contributed by atoms with van der Waals surface area (Å²) in [5.74, 6) is -0.145. The molecule has 0 saturated heterocycles. The Balaban J connectivity index is 4.20. The number of nitrogens with one attached hydrogen (secondary N) is 1. The minimum Gasteiger partial charge on any atom is -0.350 e. The molecular weight excluding hydrogens is 224 g/mol. The SMILES string of the molecule is CSC(C)C(=O)N(C)CC(=O)NC(C)(C)C. The summed E-state index contributed by atoms with van der Waals surface area (Å²) in [5, 5.41) is 2.72. The molecule has 0 fully saturated rings. The maximum Gasteiger partial charge on any atom is 0.240 e. The molecule has 0 aromatic carbocycles. The van der Waals surface area contributed by atoms with Gasteiger partial charge in [-0.3, -0.25) is 9.59 Å². The van der Waals surface area contributed by atoms with E-state index in [4.69, 9.17) is 0 Å². The molecule has 0 bridgehead atoms. The van der Waals surface area contributed by atoms with Crippen LogP contribution in [0.15, 0.2) is 0 Å². The van der Waals surface area contributed by atoms with Crippen molar-refractivity contribution in [3.8, 4) is 0 Å². The van der Waals surface area contributed by atoms with E-state index in [9.17, 15) is 9.59 Å². The van der Waals surface area contributed by atoms with Crippen molar-refractivity contribution in [2.75, 3.05) is 19.8 Å². The Kier molecular flexibility index (Phi) is 5.86. The second kappa shape index (κ2) is 6.13. The highest BCUT2D eigenvalue weighted by Crippen LogP contribution is 2.08. The van der Waals surface area contributed by atoms with E-state index in [0.717, 1.165) is 0 Å². The molecule has 0 rings (SSSR count). The number of hydrogen-bond acceptors (Lipinski definition) is 3. The van der Waals surface area contributed by atoms with Crippen LogP contribution in [0.4, 0.5) is 0 Å². The van der Waals surface area contributed by atoms with E-state index < -0.39 is 0 Å². The standard InChI is InChI=1S/C11H22N2O2S/c1-8(16-6)10(15)13(5)7-9(14)12-11(2,3)4/h8H,7H2,1-6H3,(H,12,14). The van der Waals surface area contributed by atoms with Gasteiger partial charge in [-0.15, -0.1) is 0 Å². The topological polar surface area (TPSA) is 49.4 Å². The molecule has 0 radical (unpaired) electrons. The summed E-state index contributed by atoms with van der Waals surface area (Å²) in [6, 6.07) is 0. The molecule has 1 atom stereocenters. The van der Waals surface area contributed by atoms with Crippen molar-refractivity contribution in [3.05, 3.63) is 0 Å². The van der Waals surface area contributed by atoms with Gasteiger partial charge in [-0.25, -0.2) is 0 Å². The van der Waals surface area contributed by atoms with E-state index in [0.29, 0.717) is 0 Å². The predicted molar refractivity (Wildman–Crippen MR) is 68.5 cm³/mol. The van der Waals surface area contributed by atoms with Crippen molar-refractivity contribution >= 4 is 23.6 Å². The second-order valence-electron chi connectivity index (χ2n) is 4.87. The molecule has 5 heteroatoms. The Morgan fingerprint density at radius 3 is 2.25 bits per heavy atom. The number of rotatable bonds is 4. The van der Waals surface area contributed by atoms with Crippen molar-refractivity contribution in [1.82, 2.24) is 10.2 Å². The van der Waals surface area contributed by atoms with E-state index >= 15 is 0 Å². The van der Waals surface area contributed by atoms with Crippen LogP contribution in [0.3, 0.4) is 0 Å². The van der Waals surface area contributed by atoms with Crippen LogP contribution in [0.2, 0.25) is 0 Å². The molecule has 0 saturated carbocycles. The minimum atomic E-state index is -0.258. The summed E-state index contributed by atoms with van der Waals surface area (Å²) in [6.45, 7) is 7.69. The van der Waals surface area contributed by atoms with Gasteiger partial charge in [0.25, 0.3) is 0 Å². The van der Waals surface area contributed by atoms with E-state index in [2.05, 4.69) is 5.32 Å². The number of carbonyl (C=O) groups excluding carboxylic acids is 2. The Morgan fingerprint density at radius 2 is 1.88 bits per heavy atom. The molecule has 2 amide bonds. The van der Waals surface area contributed by atoms with E-state index in [1.54, 1.807) is 7.05 Å². The Bertz CT molecular complexity index is 261. The first-order valence-electron chi connectivity index (χ1n) is 5.26. The molecule has 0 aromatic rings. The molecule has 4 nitrogen and oxygen atoms in total. The average Bonchev–Trinajstić information content (AvgIpc) is 2.12. The van der Waals surface area contributed by atoms with Gasteiger partial charge in [-0.1, -0.05) is 0 Å². The summed E-state index contributed by atoms with van der Waals surface area (Å²) in [5.41, 5.74) is -0.258. The lowest BCUT2D eigenvalue weighted by atomic mass is 10.1. The molecule has 0 heterocycles. The molecule has 16 heavy (non-hydrogen) atoms. The fraction of sp³-hybridized carbons (Fsp3) is 0.818. The first-order chi connectivity index (χ1) is 7.17. The second-order valence-corrected chi connectivity index (χ2v) is 6.05. The summed E-state index contributed by atoms with van der Waals surface area (Å²) in [6.07, 6.45) is 1.88. The number of amides is 2. The monoisotopic (exact) mass is 246 g/mol. The van der Waals surface area contributed by atoms with Gasteiger partial charge in [0, 0.05) is 12.6 Å². The minimum absolute atomic E-state index is 0.0171. The van der Waals surface area contributed by atoms with Crippen LogP contribution in [0.5, 0.6) is 0 Å². The Labute approximate surface area is 102 Å². The van der Waals surface area contributed by atoms with Crippen LogP contribution in [0.25, 0.3) is 0 Å². The van der Waals surface area contributed by atoms with E-state index in [1.807, 2.05) is 34.0 Å². The summed E-state index contributed by atoms with van der Waals surface area (Å²) < 4.78 is 0. The van der Waals surface area contributed by atoms with Gasteiger partial charge in [0.05, 0.1) is 11.8 Å². The molecule has 1 N–H and O–H groups in total. The third-order valence-electron chi connectivity index (χ3n) is 1.97. The van der Waals surface area contributed by atoms with Crippen LogP contribution in [-0.4, -0.2) is 47.4 Å². The van der Waals surface area contributed by atoms with E-state index in [1.165, 1.54) is 16.7 Å².